The molecule has 0 bridgehead atoms. The number of nitrogens with zero attached hydrogens (tertiary/aromatic N) is 2. The zero-order valence-corrected chi connectivity index (χ0v) is 52.0. The third kappa shape index (κ3) is 28.2. The summed E-state index contributed by atoms with van der Waals surface area (Å²) in [7, 11) is 0. The van der Waals surface area contributed by atoms with E-state index in [0.717, 1.165) is 31.6 Å². The van der Waals surface area contributed by atoms with Gasteiger partial charge in [0.05, 0.1) is 18.3 Å². The summed E-state index contributed by atoms with van der Waals surface area (Å²) in [5, 5.41) is 47.7. The number of aromatic amines is 2. The maximum absolute atomic E-state index is 14.2. The minimum absolute atomic E-state index is 0.0169. The molecule has 0 aliphatic carbocycles. The Balaban J connectivity index is 1.68. The Labute approximate surface area is 518 Å². The van der Waals surface area contributed by atoms with E-state index in [4.69, 9.17) is 33.8 Å². The van der Waals surface area contributed by atoms with Gasteiger partial charge < -0.3 is 96.7 Å². The molecule has 0 spiro atoms. The van der Waals surface area contributed by atoms with Crippen LogP contribution in [0.15, 0.2) is 25.0 Å². The molecule has 11 amide bonds. The fraction of sp³-hybridized carbons (Fsp3) is 0.661. The van der Waals surface area contributed by atoms with Crippen molar-refractivity contribution in [3.63, 3.8) is 0 Å². The molecule has 89 heavy (non-hydrogen) atoms. The van der Waals surface area contributed by atoms with Crippen molar-refractivity contribution in [1.29, 1.82) is 10.8 Å². The Kier molecular flexibility index (Phi) is 31.5. The van der Waals surface area contributed by atoms with Gasteiger partial charge in [-0.05, 0) is 123 Å². The van der Waals surface area contributed by atoms with Gasteiger partial charge in [0.15, 0.2) is 11.9 Å². The Bertz CT molecular complexity index is 2680. The van der Waals surface area contributed by atoms with Crippen molar-refractivity contribution in [2.24, 2.45) is 40.2 Å². The number of piperidine rings is 1. The molecule has 0 radical (unpaired) electrons. The minimum atomic E-state index is -1.69. The third-order valence-electron chi connectivity index (χ3n) is 14.7. The van der Waals surface area contributed by atoms with Crippen LogP contribution in [0.4, 0.5) is 0 Å². The van der Waals surface area contributed by atoms with Gasteiger partial charge in [0, 0.05) is 69.9 Å². The number of nitrogens with one attached hydrogen (secondary N) is 16. The third-order valence-corrected chi connectivity index (χ3v) is 14.7. The molecule has 0 unspecified atom stereocenters. The molecule has 1 fully saturated rings. The van der Waals surface area contributed by atoms with Gasteiger partial charge in [0.2, 0.25) is 65.0 Å². The second-order valence-electron chi connectivity index (χ2n) is 23.6. The second-order valence-corrected chi connectivity index (χ2v) is 23.6. The van der Waals surface area contributed by atoms with E-state index >= 15 is 0 Å². The Morgan fingerprint density at radius 1 is 0.607 bits per heavy atom. The number of carbonyl (C=O) groups is 11. The molecule has 496 valence electrons. The molecule has 0 saturated carbocycles. The summed E-state index contributed by atoms with van der Waals surface area (Å²) < 4.78 is 0. The highest BCUT2D eigenvalue weighted by Crippen LogP contribution is 2.20. The lowest BCUT2D eigenvalue weighted by Gasteiger charge is -2.31. The highest BCUT2D eigenvalue weighted by molar-refractivity contribution is 6.05. The molecular weight excluding hydrogens is 1160 g/mol. The molecule has 3 rings (SSSR count). The van der Waals surface area contributed by atoms with Crippen molar-refractivity contribution in [1.82, 2.24) is 83.7 Å². The van der Waals surface area contributed by atoms with Crippen molar-refractivity contribution < 1.29 is 52.7 Å². The van der Waals surface area contributed by atoms with Crippen LogP contribution in [0.1, 0.15) is 136 Å². The van der Waals surface area contributed by atoms with Crippen molar-refractivity contribution in [2.45, 2.75) is 180 Å². The van der Waals surface area contributed by atoms with Crippen LogP contribution in [0.5, 0.6) is 0 Å². The van der Waals surface area contributed by atoms with Crippen LogP contribution in [0, 0.1) is 28.1 Å². The van der Waals surface area contributed by atoms with Crippen LogP contribution in [-0.2, 0) is 65.6 Å². The SMILES string of the molecule is CC(C)C[C@H](NC(=O)[C@H](CCCNC(=N)N)NC(=O)CCCCNC(=O)[C@@H](CCCNC(=N)N)NC(=O)[C@H](CCC(N)=O)NC(=O)C(C)(C)C(=O)NCCc1cnc[nH]1)C(=O)NC(C)(C)C(=O)N[C@@H](Cc1c[nH]cn1)C(=O)N[C@@H](CC1CCNCC1)C(N)=O. The molecule has 2 aromatic rings. The van der Waals surface area contributed by atoms with Gasteiger partial charge in [-0.2, -0.15) is 0 Å². The van der Waals surface area contributed by atoms with Crippen molar-refractivity contribution >= 4 is 76.9 Å². The number of primary amides is 2. The molecule has 33 nitrogen and oxygen atoms in total. The highest BCUT2D eigenvalue weighted by atomic mass is 16.2. The predicted molar refractivity (Wildman–Crippen MR) is 328 cm³/mol. The molecule has 6 atom stereocenters. The first kappa shape index (κ1) is 74.3. The van der Waals surface area contributed by atoms with Crippen LogP contribution < -0.4 is 86.7 Å². The number of aromatic nitrogens is 4. The topological polar surface area (TPSA) is 541 Å². The number of imidazole rings is 2. The van der Waals surface area contributed by atoms with Crippen LogP contribution in [-0.4, -0.2) is 178 Å². The highest BCUT2D eigenvalue weighted by Gasteiger charge is 2.40. The van der Waals surface area contributed by atoms with Crippen LogP contribution in [0.3, 0.4) is 0 Å². The molecule has 1 saturated heterocycles. The van der Waals surface area contributed by atoms with E-state index in [2.05, 4.69) is 83.7 Å². The van der Waals surface area contributed by atoms with E-state index < -0.39 is 112 Å². The number of carbonyl (C=O) groups excluding carboxylic acids is 11. The smallest absolute Gasteiger partial charge is 0.245 e. The van der Waals surface area contributed by atoms with E-state index in [1.165, 1.54) is 40.3 Å². The lowest BCUT2D eigenvalue weighted by molar-refractivity contribution is -0.143. The fourth-order valence-electron chi connectivity index (χ4n) is 9.39. The number of nitrogens with two attached hydrogens (primary N) is 4. The van der Waals surface area contributed by atoms with Gasteiger partial charge in [-0.3, -0.25) is 63.6 Å². The number of H-pyrrole nitrogens is 2. The van der Waals surface area contributed by atoms with E-state index in [9.17, 15) is 52.7 Å². The van der Waals surface area contributed by atoms with Gasteiger partial charge in [0.1, 0.15) is 47.2 Å². The lowest BCUT2D eigenvalue weighted by Crippen LogP contribution is -2.63. The summed E-state index contributed by atoms with van der Waals surface area (Å²) in [6, 6.07) is -7.32. The Morgan fingerprint density at radius 3 is 1.74 bits per heavy atom. The largest absolute Gasteiger partial charge is 0.370 e. The normalized spacial score (nSPS) is 14.6. The quantitative estimate of drug-likeness (QED) is 0.0130. The summed E-state index contributed by atoms with van der Waals surface area (Å²) in [6.07, 6.45) is 8.58. The van der Waals surface area contributed by atoms with Gasteiger partial charge in [0.25, 0.3) is 0 Å². The van der Waals surface area contributed by atoms with Gasteiger partial charge in [-0.1, -0.05) is 13.8 Å². The summed E-state index contributed by atoms with van der Waals surface area (Å²) in [4.78, 5) is 162. The molecule has 2 aromatic heterocycles. The molecule has 3 heterocycles. The van der Waals surface area contributed by atoms with Crippen LogP contribution >= 0.6 is 0 Å². The summed E-state index contributed by atoms with van der Waals surface area (Å²) >= 11 is 0. The summed E-state index contributed by atoms with van der Waals surface area (Å²) in [5.41, 5.74) is 19.8. The Morgan fingerprint density at radius 2 is 1.18 bits per heavy atom. The van der Waals surface area contributed by atoms with Crippen molar-refractivity contribution in [3.05, 3.63) is 36.4 Å². The van der Waals surface area contributed by atoms with E-state index in [1.807, 2.05) is 13.8 Å². The minimum Gasteiger partial charge on any atom is -0.370 e. The fourth-order valence-corrected chi connectivity index (χ4v) is 9.39. The average molecular weight is 1250 g/mol. The Hall–Kier alpha value is -8.91. The summed E-state index contributed by atoms with van der Waals surface area (Å²) in [5.74, 6) is -8.63. The summed E-state index contributed by atoms with van der Waals surface area (Å²) in [6.45, 7) is 11.2. The van der Waals surface area contributed by atoms with Crippen LogP contribution in [0.25, 0.3) is 0 Å². The molecule has 33 heteroatoms. The molecule has 1 aliphatic heterocycles. The van der Waals surface area contributed by atoms with Crippen LogP contribution in [0.2, 0.25) is 0 Å². The first-order chi connectivity index (χ1) is 42.0. The van der Waals surface area contributed by atoms with E-state index in [0.29, 0.717) is 18.5 Å². The number of hydrogen-bond donors (Lipinski definition) is 20. The lowest BCUT2D eigenvalue weighted by atomic mass is 9.90. The monoisotopic (exact) mass is 1250 g/mol. The van der Waals surface area contributed by atoms with Gasteiger partial charge in [-0.15, -0.1) is 0 Å². The number of guanidine groups is 2. The number of rotatable bonds is 41. The van der Waals surface area contributed by atoms with Gasteiger partial charge >= 0.3 is 0 Å². The molecule has 0 aromatic carbocycles. The van der Waals surface area contributed by atoms with E-state index in [1.54, 1.807) is 12.4 Å². The van der Waals surface area contributed by atoms with Gasteiger partial charge in [-0.25, -0.2) is 9.97 Å². The number of hydrogen-bond acceptors (Lipinski definition) is 16. The standard InChI is InChI=1S/C56H96N22O11/c1-32(2)25-40(49(86)78-56(5,6)52(89)77-41(27-35-29-65-31-71-35)48(85)74-39(44(58)81)26-33-16-22-63-23-17-33)75-46(83)37(12-10-21-69-54(61)62)72-43(80)13-7-8-19-66-45(82)36(11-9-20-68-53(59)60)73-47(84)38(14-15-42(57)79)76-51(88)55(3,4)50(87)67-24-18-34-28-64-30-70-34/h28-33,36-41,63H,7-27H2,1-6H3,(H2,57,79)(H2,58,81)(H,64,70)(H,65,71)(H,66,82)(H,67,87)(H,72,80)(H,73,84)(H,74,85)(H,75,83)(H,76,88)(H,77,89)(H,78,86)(H4,59,60,68)(H4,61,62,69)/t36-,37+,38+,39+,40+,41+/m1/s1. The number of unbranched alkanes of at least 4 members (excludes halogenated alkanes) is 1. The zero-order chi connectivity index (χ0) is 66.3. The first-order valence-corrected chi connectivity index (χ1v) is 30.1. The molecule has 1 aliphatic rings. The van der Waals surface area contributed by atoms with E-state index in [-0.39, 0.29) is 121 Å². The maximum atomic E-state index is 14.2. The predicted octanol–water partition coefficient (Wildman–Crippen LogP) is -4.14. The first-order valence-electron chi connectivity index (χ1n) is 30.1. The zero-order valence-electron chi connectivity index (χ0n) is 52.0. The maximum Gasteiger partial charge on any atom is 0.245 e. The van der Waals surface area contributed by atoms with Crippen molar-refractivity contribution in [2.75, 3.05) is 39.3 Å². The molecular formula is C56H96N22O11. The second kappa shape index (κ2) is 37.7. The average Bonchev–Trinajstić information content (AvgIpc) is 4.45. The van der Waals surface area contributed by atoms with Crippen molar-refractivity contribution in [3.8, 4) is 0 Å². The molecule has 24 N–H and O–H groups in total. The number of amides is 11.